The number of benzene rings is 2. The molecule has 0 spiro atoms. The van der Waals surface area contributed by atoms with Gasteiger partial charge in [-0.05, 0) is 56.5 Å². The van der Waals surface area contributed by atoms with Crippen LogP contribution in [0.3, 0.4) is 0 Å². The molecule has 2 aromatic rings. The van der Waals surface area contributed by atoms with Gasteiger partial charge in [-0.25, -0.2) is 0 Å². The van der Waals surface area contributed by atoms with Crippen LogP contribution in [0.4, 0.5) is 0 Å². The van der Waals surface area contributed by atoms with Gasteiger partial charge < -0.3 is 20.3 Å². The van der Waals surface area contributed by atoms with Crippen LogP contribution in [0.5, 0.6) is 0 Å². The number of carbonyl (C=O) groups is 1. The normalized spacial score (nSPS) is 18.7. The Bertz CT molecular complexity index is 920. The van der Waals surface area contributed by atoms with E-state index in [9.17, 15) is 4.79 Å². The Labute approximate surface area is 208 Å². The first-order valence-corrected chi connectivity index (χ1v) is 10.9. The van der Waals surface area contributed by atoms with Crippen molar-refractivity contribution in [3.05, 3.63) is 70.3 Å². The fourth-order valence-electron chi connectivity index (χ4n) is 3.92. The van der Waals surface area contributed by atoms with Gasteiger partial charge in [-0.3, -0.25) is 9.79 Å². The predicted octanol–water partition coefficient (Wildman–Crippen LogP) is 4.04. The summed E-state index contributed by atoms with van der Waals surface area (Å²) in [4.78, 5) is 19.0. The Kier molecular flexibility index (Phi) is 9.96. The van der Waals surface area contributed by atoms with Crippen molar-refractivity contribution in [2.24, 2.45) is 4.99 Å². The number of hydrogen-bond donors (Lipinski definition) is 2. The zero-order valence-corrected chi connectivity index (χ0v) is 22.0. The van der Waals surface area contributed by atoms with E-state index < -0.39 is 0 Å². The molecular weight excluding hydrogens is 515 g/mol. The molecule has 1 amide bonds. The van der Waals surface area contributed by atoms with Crippen molar-refractivity contribution < 1.29 is 9.53 Å². The van der Waals surface area contributed by atoms with Crippen LogP contribution in [0.1, 0.15) is 46.5 Å². The Hall–Kier alpha value is -2.13. The van der Waals surface area contributed by atoms with Gasteiger partial charge in [0.25, 0.3) is 5.91 Å². The SMILES string of the molecule is CN=C(NCc1ccc(C(=O)N2CC(C)OC(C)C2)cc1)NCc1ccc(C)cc1C.I. The maximum atomic E-state index is 12.8. The lowest BCUT2D eigenvalue weighted by Crippen LogP contribution is -2.48. The molecular formula is C25H35IN4O2. The third-order valence-corrected chi connectivity index (χ3v) is 5.54. The molecule has 2 aromatic carbocycles. The summed E-state index contributed by atoms with van der Waals surface area (Å²) in [6, 6.07) is 14.2. The first-order chi connectivity index (χ1) is 14.9. The first-order valence-electron chi connectivity index (χ1n) is 10.9. The summed E-state index contributed by atoms with van der Waals surface area (Å²) in [5.41, 5.74) is 5.59. The van der Waals surface area contributed by atoms with Crippen LogP contribution in [-0.4, -0.2) is 49.1 Å². The Balaban J connectivity index is 0.00000363. The minimum Gasteiger partial charge on any atom is -0.372 e. The number of guanidine groups is 1. The van der Waals surface area contributed by atoms with Gasteiger partial charge in [-0.1, -0.05) is 35.9 Å². The lowest BCUT2D eigenvalue weighted by atomic mass is 10.1. The number of aryl methyl sites for hydroxylation is 2. The highest BCUT2D eigenvalue weighted by Crippen LogP contribution is 2.15. The van der Waals surface area contributed by atoms with Gasteiger partial charge in [0.1, 0.15) is 0 Å². The summed E-state index contributed by atoms with van der Waals surface area (Å²) in [6.07, 6.45) is 0.137. The first kappa shape index (κ1) is 26.1. The second-order valence-electron chi connectivity index (χ2n) is 8.37. The zero-order valence-electron chi connectivity index (χ0n) is 19.6. The van der Waals surface area contributed by atoms with Gasteiger partial charge in [0.15, 0.2) is 5.96 Å². The van der Waals surface area contributed by atoms with Crippen molar-refractivity contribution in [2.45, 2.75) is 53.0 Å². The highest BCUT2D eigenvalue weighted by atomic mass is 127. The van der Waals surface area contributed by atoms with E-state index in [1.54, 1.807) is 7.05 Å². The van der Waals surface area contributed by atoms with Crippen LogP contribution in [-0.2, 0) is 17.8 Å². The molecule has 0 aromatic heterocycles. The number of hydrogen-bond acceptors (Lipinski definition) is 3. The lowest BCUT2D eigenvalue weighted by Gasteiger charge is -2.35. The van der Waals surface area contributed by atoms with E-state index >= 15 is 0 Å². The third-order valence-electron chi connectivity index (χ3n) is 5.54. The molecule has 2 N–H and O–H groups in total. The minimum absolute atomic E-state index is 0. The number of ether oxygens (including phenoxy) is 1. The topological polar surface area (TPSA) is 66.0 Å². The number of rotatable bonds is 5. The minimum atomic E-state index is 0. The van der Waals surface area contributed by atoms with E-state index in [2.05, 4.69) is 47.7 Å². The van der Waals surface area contributed by atoms with E-state index in [1.165, 1.54) is 16.7 Å². The van der Waals surface area contributed by atoms with Crippen LogP contribution >= 0.6 is 24.0 Å². The summed E-state index contributed by atoms with van der Waals surface area (Å²) >= 11 is 0. The maximum Gasteiger partial charge on any atom is 0.254 e. The molecule has 0 radical (unpaired) electrons. The van der Waals surface area contributed by atoms with Gasteiger partial charge in [-0.15, -0.1) is 24.0 Å². The van der Waals surface area contributed by atoms with Crippen LogP contribution in [0.15, 0.2) is 47.5 Å². The second kappa shape index (κ2) is 12.2. The Morgan fingerprint density at radius 2 is 1.66 bits per heavy atom. The van der Waals surface area contributed by atoms with E-state index in [1.807, 2.05) is 43.0 Å². The molecule has 2 atom stereocenters. The van der Waals surface area contributed by atoms with Crippen molar-refractivity contribution in [2.75, 3.05) is 20.1 Å². The molecule has 1 aliphatic rings. The van der Waals surface area contributed by atoms with Crippen LogP contribution in [0.2, 0.25) is 0 Å². The predicted molar refractivity (Wildman–Crippen MR) is 141 cm³/mol. The molecule has 6 nitrogen and oxygen atoms in total. The Morgan fingerprint density at radius 1 is 1.03 bits per heavy atom. The van der Waals surface area contributed by atoms with Gasteiger partial charge in [-0.2, -0.15) is 0 Å². The number of morpholine rings is 1. The average molecular weight is 550 g/mol. The summed E-state index contributed by atoms with van der Waals surface area (Å²) in [7, 11) is 1.77. The molecule has 1 aliphatic heterocycles. The standard InChI is InChI=1S/C25H34N4O2.HI/c1-17-6-9-23(18(2)12-17)14-28-25(26-5)27-13-21-7-10-22(11-8-21)24(30)29-15-19(3)31-20(4)16-29;/h6-12,19-20H,13-16H2,1-5H3,(H2,26,27,28);1H. The van der Waals surface area contributed by atoms with Crippen LogP contribution in [0.25, 0.3) is 0 Å². The molecule has 174 valence electrons. The smallest absolute Gasteiger partial charge is 0.254 e. The molecule has 0 aliphatic carbocycles. The summed E-state index contributed by atoms with van der Waals surface area (Å²) < 4.78 is 5.73. The van der Waals surface area contributed by atoms with Gasteiger partial charge in [0, 0.05) is 38.8 Å². The molecule has 1 heterocycles. The summed E-state index contributed by atoms with van der Waals surface area (Å²) in [5, 5.41) is 6.70. The average Bonchev–Trinajstić information content (AvgIpc) is 2.74. The molecule has 0 saturated carbocycles. The number of nitrogens with zero attached hydrogens (tertiary/aromatic N) is 2. The van der Waals surface area contributed by atoms with Crippen molar-refractivity contribution in [1.29, 1.82) is 0 Å². The van der Waals surface area contributed by atoms with E-state index in [0.29, 0.717) is 25.2 Å². The second-order valence-corrected chi connectivity index (χ2v) is 8.37. The van der Waals surface area contributed by atoms with Gasteiger partial charge in [0.2, 0.25) is 0 Å². The molecule has 7 heteroatoms. The van der Waals surface area contributed by atoms with Crippen molar-refractivity contribution in [3.63, 3.8) is 0 Å². The number of nitrogens with one attached hydrogen (secondary N) is 2. The quantitative estimate of drug-likeness (QED) is 0.335. The number of aliphatic imine (C=N–C) groups is 1. The largest absolute Gasteiger partial charge is 0.372 e. The van der Waals surface area contributed by atoms with Crippen molar-refractivity contribution in [3.8, 4) is 0 Å². The van der Waals surface area contributed by atoms with E-state index in [4.69, 9.17) is 4.74 Å². The molecule has 1 fully saturated rings. The fourth-order valence-corrected chi connectivity index (χ4v) is 3.92. The molecule has 0 bridgehead atoms. The zero-order chi connectivity index (χ0) is 22.4. The summed E-state index contributed by atoms with van der Waals surface area (Å²) in [6.45, 7) is 10.9. The highest BCUT2D eigenvalue weighted by molar-refractivity contribution is 14.0. The molecule has 1 saturated heterocycles. The number of amides is 1. The van der Waals surface area contributed by atoms with Crippen LogP contribution < -0.4 is 10.6 Å². The maximum absolute atomic E-state index is 12.8. The van der Waals surface area contributed by atoms with Gasteiger partial charge >= 0.3 is 0 Å². The van der Waals surface area contributed by atoms with E-state index in [0.717, 1.165) is 18.1 Å². The third kappa shape index (κ3) is 7.20. The Morgan fingerprint density at radius 3 is 2.25 bits per heavy atom. The monoisotopic (exact) mass is 550 g/mol. The number of carbonyl (C=O) groups excluding carboxylic acids is 1. The molecule has 3 rings (SSSR count). The fraction of sp³-hybridized carbons (Fsp3) is 0.440. The van der Waals surface area contributed by atoms with Gasteiger partial charge in [0.05, 0.1) is 12.2 Å². The highest BCUT2D eigenvalue weighted by Gasteiger charge is 2.26. The molecule has 2 unspecified atom stereocenters. The number of halogens is 1. The van der Waals surface area contributed by atoms with Crippen molar-refractivity contribution in [1.82, 2.24) is 15.5 Å². The van der Waals surface area contributed by atoms with E-state index in [-0.39, 0.29) is 42.1 Å². The van der Waals surface area contributed by atoms with Crippen molar-refractivity contribution >= 4 is 35.8 Å². The summed E-state index contributed by atoms with van der Waals surface area (Å²) in [5.74, 6) is 0.809. The van der Waals surface area contributed by atoms with Crippen LogP contribution in [0, 0.1) is 13.8 Å². The molecule has 32 heavy (non-hydrogen) atoms. The lowest BCUT2D eigenvalue weighted by molar-refractivity contribution is -0.0586.